The van der Waals surface area contributed by atoms with E-state index in [1.54, 1.807) is 22.5 Å². The van der Waals surface area contributed by atoms with Crippen molar-refractivity contribution in [3.63, 3.8) is 0 Å². The van der Waals surface area contributed by atoms with Crippen LogP contribution >= 0.6 is 11.9 Å². The first-order valence-electron chi connectivity index (χ1n) is 5.98. The van der Waals surface area contributed by atoms with Gasteiger partial charge in [-0.05, 0) is 31.4 Å². The molecular formula is C13H16N4O2S. The van der Waals surface area contributed by atoms with Gasteiger partial charge in [-0.15, -0.1) is 5.10 Å². The minimum Gasteiger partial charge on any atom is -0.258 e. The molecular weight excluding hydrogens is 276 g/mol. The molecule has 106 valence electrons. The molecule has 2 aromatic rings. The van der Waals surface area contributed by atoms with Crippen LogP contribution in [-0.2, 0) is 0 Å². The normalized spacial score (nSPS) is 13.8. The molecule has 1 aromatic carbocycles. The highest BCUT2D eigenvalue weighted by atomic mass is 32.2. The lowest BCUT2D eigenvalue weighted by Crippen LogP contribution is -1.93. The summed E-state index contributed by atoms with van der Waals surface area (Å²) in [6, 6.07) is 4.83. The molecule has 0 bridgehead atoms. The Morgan fingerprint density at radius 3 is 2.80 bits per heavy atom. The van der Waals surface area contributed by atoms with Gasteiger partial charge < -0.3 is 0 Å². The van der Waals surface area contributed by atoms with Crippen LogP contribution in [0.2, 0.25) is 0 Å². The quantitative estimate of drug-likeness (QED) is 0.636. The fourth-order valence-electron chi connectivity index (χ4n) is 1.78. The number of nitro benzene ring substituents is 1. The Morgan fingerprint density at radius 1 is 1.45 bits per heavy atom. The van der Waals surface area contributed by atoms with E-state index >= 15 is 0 Å². The number of nitrogens with zero attached hydrogens (tertiary/aromatic N) is 4. The van der Waals surface area contributed by atoms with Crippen molar-refractivity contribution in [3.8, 4) is 0 Å². The van der Waals surface area contributed by atoms with Gasteiger partial charge in [0.1, 0.15) is 6.33 Å². The summed E-state index contributed by atoms with van der Waals surface area (Å²) in [6.07, 6.45) is 4.04. The van der Waals surface area contributed by atoms with Crippen molar-refractivity contribution in [3.05, 3.63) is 46.0 Å². The van der Waals surface area contributed by atoms with E-state index < -0.39 is 0 Å². The molecule has 1 aliphatic rings. The molecule has 0 N–H and O–H groups in total. The Morgan fingerprint density at radius 2 is 2.20 bits per heavy atom. The highest BCUT2D eigenvalue weighted by Gasteiger charge is 2.27. The summed E-state index contributed by atoms with van der Waals surface area (Å²) in [5.41, 5.74) is 0.974. The number of aryl methyl sites for hydroxylation is 1. The molecule has 3 rings (SSSR count). The molecule has 1 heterocycles. The zero-order chi connectivity index (χ0) is 13.4. The minimum atomic E-state index is -0.387. The number of nitro groups is 1. The minimum absolute atomic E-state index is 0. The average Bonchev–Trinajstić information content (AvgIpc) is 3.12. The average molecular weight is 292 g/mol. The molecule has 0 spiro atoms. The molecule has 0 radical (unpaired) electrons. The third kappa shape index (κ3) is 2.98. The third-order valence-corrected chi connectivity index (χ3v) is 4.01. The highest BCUT2D eigenvalue weighted by molar-refractivity contribution is 7.97. The number of hydrogen-bond acceptors (Lipinski definition) is 5. The smallest absolute Gasteiger partial charge is 0.258 e. The van der Waals surface area contributed by atoms with E-state index in [9.17, 15) is 10.1 Å². The van der Waals surface area contributed by atoms with Crippen LogP contribution < -0.4 is 0 Å². The van der Waals surface area contributed by atoms with Gasteiger partial charge in [-0.3, -0.25) is 10.1 Å². The summed E-state index contributed by atoms with van der Waals surface area (Å²) in [4.78, 5) is 15.5. The van der Waals surface area contributed by atoms with E-state index in [1.165, 1.54) is 30.9 Å². The maximum Gasteiger partial charge on any atom is 0.269 e. The summed E-state index contributed by atoms with van der Waals surface area (Å²) in [5, 5.41) is 15.1. The Bertz CT molecular complexity index is 637. The summed E-state index contributed by atoms with van der Waals surface area (Å²) >= 11 is 1.42. The molecule has 0 aliphatic heterocycles. The molecule has 1 aliphatic carbocycles. The number of benzene rings is 1. The van der Waals surface area contributed by atoms with Crippen molar-refractivity contribution in [1.29, 1.82) is 0 Å². The van der Waals surface area contributed by atoms with Gasteiger partial charge in [-0.2, -0.15) is 4.09 Å². The first-order valence-corrected chi connectivity index (χ1v) is 6.76. The van der Waals surface area contributed by atoms with Gasteiger partial charge in [0, 0.05) is 34.9 Å². The largest absolute Gasteiger partial charge is 0.269 e. The molecule has 7 heteroatoms. The van der Waals surface area contributed by atoms with Crippen LogP contribution in [0.5, 0.6) is 0 Å². The number of non-ortho nitro benzene ring substituents is 1. The summed E-state index contributed by atoms with van der Waals surface area (Å²) < 4.78 is 1.71. The lowest BCUT2D eigenvalue weighted by molar-refractivity contribution is -0.385. The molecule has 6 nitrogen and oxygen atoms in total. The van der Waals surface area contributed by atoms with Crippen molar-refractivity contribution in [2.24, 2.45) is 0 Å². The fourth-order valence-corrected chi connectivity index (χ4v) is 2.54. The highest BCUT2D eigenvalue weighted by Crippen LogP contribution is 2.38. The topological polar surface area (TPSA) is 73.8 Å². The van der Waals surface area contributed by atoms with Crippen molar-refractivity contribution < 1.29 is 4.92 Å². The maximum atomic E-state index is 10.7. The van der Waals surface area contributed by atoms with Crippen molar-refractivity contribution >= 4 is 17.6 Å². The first-order chi connectivity index (χ1) is 9.13. The summed E-state index contributed by atoms with van der Waals surface area (Å²) in [6.45, 7) is 1.86. The maximum absolute atomic E-state index is 10.7. The Balaban J connectivity index is 0.00000147. The lowest BCUT2D eigenvalue weighted by Gasteiger charge is -2.03. The number of hydrogen-bond donors (Lipinski definition) is 0. The fraction of sp³-hybridized carbons (Fsp3) is 0.385. The second kappa shape index (κ2) is 5.62. The van der Waals surface area contributed by atoms with Crippen LogP contribution in [0.15, 0.2) is 29.4 Å². The Hall–Kier alpha value is -1.89. The van der Waals surface area contributed by atoms with E-state index in [2.05, 4.69) is 10.1 Å². The molecule has 0 atom stereocenters. The standard InChI is InChI=1S/C12H12N4O2S.CH4/c1-8-6-10(16(17)18)4-5-11(8)19-15-7-13-12(14-15)9-2-3-9;/h4-7,9H,2-3H2,1H3;1H4. The zero-order valence-corrected chi connectivity index (χ0v) is 11.1. The van der Waals surface area contributed by atoms with Gasteiger partial charge in [0.15, 0.2) is 5.82 Å². The predicted octanol–water partition coefficient (Wildman–Crippen LogP) is 3.56. The van der Waals surface area contributed by atoms with E-state index in [0.29, 0.717) is 5.92 Å². The summed E-state index contributed by atoms with van der Waals surface area (Å²) in [7, 11) is 0. The SMILES string of the molecule is C.Cc1cc([N+](=O)[O-])ccc1Sn1cnc(C2CC2)n1. The Labute approximate surface area is 121 Å². The molecule has 20 heavy (non-hydrogen) atoms. The van der Waals surface area contributed by atoms with E-state index in [4.69, 9.17) is 0 Å². The van der Waals surface area contributed by atoms with Crippen LogP contribution in [-0.4, -0.2) is 19.1 Å². The van der Waals surface area contributed by atoms with E-state index in [1.807, 2.05) is 6.92 Å². The monoisotopic (exact) mass is 292 g/mol. The molecule has 0 unspecified atom stereocenters. The van der Waals surface area contributed by atoms with Crippen molar-refractivity contribution in [2.45, 2.75) is 38.0 Å². The van der Waals surface area contributed by atoms with Gasteiger partial charge in [0.05, 0.1) is 4.92 Å². The van der Waals surface area contributed by atoms with Gasteiger partial charge in [-0.1, -0.05) is 7.43 Å². The van der Waals surface area contributed by atoms with Gasteiger partial charge in [0.2, 0.25) is 0 Å². The van der Waals surface area contributed by atoms with E-state index in [0.717, 1.165) is 16.3 Å². The first kappa shape index (κ1) is 14.5. The molecule has 1 saturated carbocycles. The third-order valence-electron chi connectivity index (χ3n) is 2.99. The number of aromatic nitrogens is 3. The van der Waals surface area contributed by atoms with Gasteiger partial charge in [-0.25, -0.2) is 4.98 Å². The second-order valence-electron chi connectivity index (χ2n) is 4.58. The molecule has 0 amide bonds. The predicted molar refractivity (Wildman–Crippen MR) is 77.8 cm³/mol. The number of rotatable bonds is 4. The Kier molecular flexibility index (Phi) is 4.08. The molecule has 1 aromatic heterocycles. The van der Waals surface area contributed by atoms with E-state index in [-0.39, 0.29) is 18.0 Å². The van der Waals surface area contributed by atoms with Crippen LogP contribution in [0.1, 0.15) is 37.6 Å². The van der Waals surface area contributed by atoms with Crippen LogP contribution in [0.4, 0.5) is 5.69 Å². The lowest BCUT2D eigenvalue weighted by atomic mass is 10.2. The van der Waals surface area contributed by atoms with Crippen LogP contribution in [0.3, 0.4) is 0 Å². The zero-order valence-electron chi connectivity index (χ0n) is 10.3. The molecule has 0 saturated heterocycles. The van der Waals surface area contributed by atoms with Crippen molar-refractivity contribution in [2.75, 3.05) is 0 Å². The van der Waals surface area contributed by atoms with Gasteiger partial charge >= 0.3 is 0 Å². The van der Waals surface area contributed by atoms with Crippen molar-refractivity contribution in [1.82, 2.24) is 14.2 Å². The van der Waals surface area contributed by atoms with Gasteiger partial charge in [0.25, 0.3) is 5.69 Å². The van der Waals surface area contributed by atoms with Crippen LogP contribution in [0, 0.1) is 17.0 Å². The summed E-state index contributed by atoms with van der Waals surface area (Å²) in [5.74, 6) is 1.42. The molecule has 1 fully saturated rings. The van der Waals surface area contributed by atoms with Crippen LogP contribution in [0.25, 0.3) is 0 Å². The second-order valence-corrected chi connectivity index (χ2v) is 5.57.